The molecule has 0 aliphatic heterocycles. The second-order valence-electron chi connectivity index (χ2n) is 0.378. The maximum Gasteiger partial charge on any atom is 1.00 e. The minimum absolute atomic E-state index is 0. The predicted molar refractivity (Wildman–Crippen MR) is 0 cm³/mol. The first-order valence-electron chi connectivity index (χ1n) is 0.617. The van der Waals surface area contributed by atoms with Crippen molar-refractivity contribution >= 4 is 0 Å². The molecular weight excluding hydrogens is 230 g/mol. The monoisotopic (exact) mass is 228 g/mol. The molecule has 0 heterocycles. The van der Waals surface area contributed by atoms with Crippen LogP contribution < -0.4 is 70.0 Å². The van der Waals surface area contributed by atoms with Crippen LogP contribution in [0.5, 0.6) is 0 Å². The molecule has 7 heteroatoms. The van der Waals surface area contributed by atoms with Crippen molar-refractivity contribution in [2.45, 2.75) is 0 Å². The van der Waals surface area contributed by atoms with Crippen LogP contribution >= 0.6 is 0 Å². The first-order chi connectivity index (χ1) is 2.00. The van der Waals surface area contributed by atoms with Crippen LogP contribution in [-0.2, 0) is 26.2 Å². The Balaban J connectivity index is -0.0000000800. The van der Waals surface area contributed by atoms with E-state index in [0.29, 0.717) is 0 Å². The molecular formula is ClKO4Zr. The minimum Gasteiger partial charge on any atom is -0.222 e. The Kier molecular flexibility index (Phi) is 15.8. The first kappa shape index (κ1) is 16.3. The zero-order valence-corrected chi connectivity index (χ0v) is 9.85. The van der Waals surface area contributed by atoms with Crippen molar-refractivity contribution in [3.63, 3.8) is 0 Å². The summed E-state index contributed by atoms with van der Waals surface area (Å²) in [6, 6.07) is 0. The Morgan fingerprint density at radius 2 is 0.857 bits per heavy atom. The van der Waals surface area contributed by atoms with Crippen LogP contribution in [0, 0.1) is 10.2 Å². The summed E-state index contributed by atoms with van der Waals surface area (Å²) in [7, 11) is -4.94. The molecule has 0 aromatic rings. The second-order valence-corrected chi connectivity index (χ2v) is 1.13. The molecule has 0 aliphatic carbocycles. The zero-order valence-electron chi connectivity index (χ0n) is 3.51. The Morgan fingerprint density at radius 3 is 0.857 bits per heavy atom. The third-order valence-electron chi connectivity index (χ3n) is 0. The van der Waals surface area contributed by atoms with Crippen molar-refractivity contribution in [3.05, 3.63) is 0 Å². The molecule has 0 spiro atoms. The van der Waals surface area contributed by atoms with E-state index in [2.05, 4.69) is 0 Å². The molecule has 0 aliphatic rings. The van der Waals surface area contributed by atoms with Gasteiger partial charge in [0.15, 0.2) is 0 Å². The van der Waals surface area contributed by atoms with E-state index in [1.54, 1.807) is 0 Å². The van der Waals surface area contributed by atoms with Crippen LogP contribution in [0.15, 0.2) is 0 Å². The summed E-state index contributed by atoms with van der Waals surface area (Å²) in [6.07, 6.45) is 0. The molecule has 0 unspecified atom stereocenters. The van der Waals surface area contributed by atoms with E-state index >= 15 is 0 Å². The normalized spacial score (nSPS) is 8.57. The SMILES string of the molecule is [K+].[O-][Cl+3]([O-])([O-])[O-].[Zr]. The molecule has 0 atom stereocenters. The summed E-state index contributed by atoms with van der Waals surface area (Å²) in [5.74, 6) is 0. The van der Waals surface area contributed by atoms with Crippen molar-refractivity contribution in [2.24, 2.45) is 0 Å². The van der Waals surface area contributed by atoms with Crippen LogP contribution in [0.2, 0.25) is 0 Å². The van der Waals surface area contributed by atoms with Gasteiger partial charge in [-0.25, -0.2) is 18.6 Å². The molecule has 36 valence electrons. The average Bonchev–Trinajstić information content (AvgIpc) is 0.722. The molecule has 0 fully saturated rings. The molecule has 0 aromatic carbocycles. The number of hydrogen-bond donors (Lipinski definition) is 0. The van der Waals surface area contributed by atoms with Gasteiger partial charge in [-0.1, -0.05) is 0 Å². The van der Waals surface area contributed by atoms with E-state index in [-0.39, 0.29) is 77.6 Å². The summed E-state index contributed by atoms with van der Waals surface area (Å²) >= 11 is 0. The molecule has 4 nitrogen and oxygen atoms in total. The minimum atomic E-state index is -4.94. The molecule has 0 N–H and O–H groups in total. The predicted octanol–water partition coefficient (Wildman–Crippen LogP) is -7.75. The van der Waals surface area contributed by atoms with Crippen LogP contribution in [0.25, 0.3) is 0 Å². The summed E-state index contributed by atoms with van der Waals surface area (Å²) in [5, 5.41) is 0. The Morgan fingerprint density at radius 1 is 0.857 bits per heavy atom. The van der Waals surface area contributed by atoms with Gasteiger partial charge in [0.05, 0.1) is 0 Å². The molecule has 0 aromatic heterocycles. The van der Waals surface area contributed by atoms with Gasteiger partial charge < -0.3 is 0 Å². The largest absolute Gasteiger partial charge is 1.00 e. The molecule has 0 saturated heterocycles. The number of halogens is 1. The van der Waals surface area contributed by atoms with Crippen LogP contribution in [0.3, 0.4) is 0 Å². The Labute approximate surface area is 104 Å². The number of rotatable bonds is 0. The van der Waals surface area contributed by atoms with Crippen LogP contribution in [0.1, 0.15) is 0 Å². The van der Waals surface area contributed by atoms with Gasteiger partial charge >= 0.3 is 51.4 Å². The number of hydrogen-bond acceptors (Lipinski definition) is 4. The standard InChI is InChI=1S/ClHO4.K.Zr/c2-1(3,4)5;;/h(H,2,3,4,5);;/q;+1;/p-1. The fourth-order valence-corrected chi connectivity index (χ4v) is 0. The van der Waals surface area contributed by atoms with Crippen LogP contribution in [0.4, 0.5) is 0 Å². The van der Waals surface area contributed by atoms with Gasteiger partial charge in [-0.05, 0) is 0 Å². The first-order valence-corrected chi connectivity index (χ1v) is 1.85. The molecule has 0 rings (SSSR count). The van der Waals surface area contributed by atoms with Crippen molar-refractivity contribution < 1.29 is 106 Å². The van der Waals surface area contributed by atoms with E-state index in [1.165, 1.54) is 0 Å². The third-order valence-corrected chi connectivity index (χ3v) is 0. The van der Waals surface area contributed by atoms with Gasteiger partial charge in [0, 0.05) is 26.2 Å². The van der Waals surface area contributed by atoms with Crippen molar-refractivity contribution in [3.8, 4) is 0 Å². The molecule has 0 bridgehead atoms. The summed E-state index contributed by atoms with van der Waals surface area (Å²) in [5.41, 5.74) is 0. The van der Waals surface area contributed by atoms with E-state index in [4.69, 9.17) is 18.6 Å². The van der Waals surface area contributed by atoms with E-state index in [0.717, 1.165) is 0 Å². The van der Waals surface area contributed by atoms with Gasteiger partial charge in [-0.3, -0.25) is 0 Å². The van der Waals surface area contributed by atoms with Crippen molar-refractivity contribution in [1.82, 2.24) is 0 Å². The van der Waals surface area contributed by atoms with Crippen LogP contribution in [-0.4, -0.2) is 0 Å². The smallest absolute Gasteiger partial charge is 0.222 e. The third kappa shape index (κ3) is 54.5. The van der Waals surface area contributed by atoms with E-state index in [1.807, 2.05) is 0 Å². The summed E-state index contributed by atoms with van der Waals surface area (Å²) in [6.45, 7) is 0. The maximum atomic E-state index is 8.49. The molecule has 0 saturated carbocycles. The van der Waals surface area contributed by atoms with Gasteiger partial charge in [-0.15, -0.1) is 10.2 Å². The van der Waals surface area contributed by atoms with Gasteiger partial charge in [0.2, 0.25) is 0 Å². The Bertz CT molecular complexity index is 27.2. The fraction of sp³-hybridized carbons (Fsp3) is 0. The van der Waals surface area contributed by atoms with Crippen molar-refractivity contribution in [1.29, 1.82) is 0 Å². The quantitative estimate of drug-likeness (QED) is 0.386. The topological polar surface area (TPSA) is 92.2 Å². The molecule has 7 heavy (non-hydrogen) atoms. The Hall–Kier alpha value is 2.65. The van der Waals surface area contributed by atoms with Gasteiger partial charge in [-0.2, -0.15) is 0 Å². The summed E-state index contributed by atoms with van der Waals surface area (Å²) in [4.78, 5) is 0. The van der Waals surface area contributed by atoms with Gasteiger partial charge in [0.1, 0.15) is 0 Å². The molecule has 0 amide bonds. The zero-order chi connectivity index (χ0) is 4.50. The van der Waals surface area contributed by atoms with Gasteiger partial charge in [0.25, 0.3) is 0 Å². The van der Waals surface area contributed by atoms with E-state index in [9.17, 15) is 0 Å². The summed E-state index contributed by atoms with van der Waals surface area (Å²) < 4.78 is 34.0. The second kappa shape index (κ2) is 6.77. The fourth-order valence-electron chi connectivity index (χ4n) is 0. The average molecular weight is 230 g/mol. The molecule has 0 radical (unpaired) electrons. The maximum absolute atomic E-state index is 8.49. The van der Waals surface area contributed by atoms with E-state index < -0.39 is 10.2 Å². The van der Waals surface area contributed by atoms with Crippen molar-refractivity contribution in [2.75, 3.05) is 0 Å².